The van der Waals surface area contributed by atoms with Gasteiger partial charge in [-0.3, -0.25) is 4.79 Å². The molecule has 0 heterocycles. The first kappa shape index (κ1) is 19.0. The molecule has 0 bridgehead atoms. The summed E-state index contributed by atoms with van der Waals surface area (Å²) in [5.74, 6) is 0.727. The fraction of sp³-hybridized carbons (Fsp3) is 0.435. The predicted molar refractivity (Wildman–Crippen MR) is 111 cm³/mol. The average Bonchev–Trinajstić information content (AvgIpc) is 2.69. The van der Waals surface area contributed by atoms with E-state index in [2.05, 4.69) is 30.0 Å². The minimum atomic E-state index is 0.163. The molecule has 2 nitrogen and oxygen atoms in total. The third kappa shape index (κ3) is 4.67. The summed E-state index contributed by atoms with van der Waals surface area (Å²) in [7, 11) is 0. The van der Waals surface area contributed by atoms with Crippen LogP contribution < -0.4 is 4.90 Å². The molecule has 0 atom stereocenters. The Labute approximate surface area is 162 Å². The van der Waals surface area contributed by atoms with Gasteiger partial charge >= 0.3 is 0 Å². The molecule has 0 aliphatic heterocycles. The molecular weight excluding hydrogens is 342 g/mol. The summed E-state index contributed by atoms with van der Waals surface area (Å²) >= 11 is 6.53. The van der Waals surface area contributed by atoms with Crippen molar-refractivity contribution in [1.82, 2.24) is 0 Å². The molecule has 26 heavy (non-hydrogen) atoms. The third-order valence-electron chi connectivity index (χ3n) is 5.48. The lowest BCUT2D eigenvalue weighted by molar-refractivity contribution is 0.0984. The molecule has 2 aromatic rings. The standard InChI is InChI=1S/C23H28ClNO/c1-2-25(20-11-7-4-8-12-20)16-15-23(26)19-13-14-21(22(24)17-19)18-9-5-3-6-10-18/h4,7-8,11-14,17-18H,2-3,5-6,9-10,15-16H2,1H3. The van der Waals surface area contributed by atoms with Gasteiger partial charge in [0.15, 0.2) is 5.78 Å². The highest BCUT2D eigenvalue weighted by Gasteiger charge is 2.19. The van der Waals surface area contributed by atoms with Crippen LogP contribution in [-0.2, 0) is 0 Å². The van der Waals surface area contributed by atoms with Crippen LogP contribution in [0.1, 0.15) is 67.3 Å². The van der Waals surface area contributed by atoms with Crippen molar-refractivity contribution >= 4 is 23.1 Å². The van der Waals surface area contributed by atoms with Crippen molar-refractivity contribution in [3.8, 4) is 0 Å². The summed E-state index contributed by atoms with van der Waals surface area (Å²) in [4.78, 5) is 14.9. The summed E-state index contributed by atoms with van der Waals surface area (Å²) in [5.41, 5.74) is 3.12. The predicted octanol–water partition coefficient (Wildman–Crippen LogP) is 6.49. The quantitative estimate of drug-likeness (QED) is 0.520. The first-order valence-electron chi connectivity index (χ1n) is 9.81. The van der Waals surface area contributed by atoms with Crippen LogP contribution >= 0.6 is 11.6 Å². The fourth-order valence-electron chi connectivity index (χ4n) is 3.93. The maximum atomic E-state index is 12.7. The van der Waals surface area contributed by atoms with E-state index in [0.717, 1.165) is 29.4 Å². The molecule has 0 amide bonds. The van der Waals surface area contributed by atoms with Crippen molar-refractivity contribution in [2.75, 3.05) is 18.0 Å². The van der Waals surface area contributed by atoms with Crippen molar-refractivity contribution in [1.29, 1.82) is 0 Å². The lowest BCUT2D eigenvalue weighted by atomic mass is 9.83. The average molecular weight is 370 g/mol. The molecule has 1 saturated carbocycles. The molecule has 1 aliphatic rings. The van der Waals surface area contributed by atoms with Gasteiger partial charge in [-0.25, -0.2) is 0 Å². The van der Waals surface area contributed by atoms with Crippen molar-refractivity contribution in [2.24, 2.45) is 0 Å². The van der Waals surface area contributed by atoms with Gasteiger partial charge < -0.3 is 4.90 Å². The van der Waals surface area contributed by atoms with Crippen LogP contribution in [0.5, 0.6) is 0 Å². The van der Waals surface area contributed by atoms with Crippen LogP contribution in [0.15, 0.2) is 48.5 Å². The number of Topliss-reactive ketones (excluding diaryl/α,β-unsaturated/α-hetero) is 1. The lowest BCUT2D eigenvalue weighted by Gasteiger charge is -2.24. The van der Waals surface area contributed by atoms with Gasteiger partial charge in [0.25, 0.3) is 0 Å². The first-order chi connectivity index (χ1) is 12.7. The highest BCUT2D eigenvalue weighted by atomic mass is 35.5. The van der Waals surface area contributed by atoms with E-state index < -0.39 is 0 Å². The van der Waals surface area contributed by atoms with E-state index in [9.17, 15) is 4.79 Å². The number of benzene rings is 2. The number of nitrogens with zero attached hydrogens (tertiary/aromatic N) is 1. The molecule has 0 spiro atoms. The van der Waals surface area contributed by atoms with E-state index in [1.165, 1.54) is 37.7 Å². The van der Waals surface area contributed by atoms with E-state index in [-0.39, 0.29) is 5.78 Å². The highest BCUT2D eigenvalue weighted by molar-refractivity contribution is 6.31. The number of hydrogen-bond acceptors (Lipinski definition) is 2. The number of carbonyl (C=O) groups excluding carboxylic acids is 1. The summed E-state index contributed by atoms with van der Waals surface area (Å²) in [6.45, 7) is 3.73. The molecule has 0 radical (unpaired) electrons. The zero-order chi connectivity index (χ0) is 18.4. The normalized spacial score (nSPS) is 15.0. The van der Waals surface area contributed by atoms with Gasteiger partial charge in [0.1, 0.15) is 0 Å². The van der Waals surface area contributed by atoms with Crippen LogP contribution in [0.2, 0.25) is 5.02 Å². The third-order valence-corrected chi connectivity index (χ3v) is 5.81. The number of para-hydroxylation sites is 1. The number of hydrogen-bond donors (Lipinski definition) is 0. The Morgan fingerprint density at radius 1 is 1.08 bits per heavy atom. The number of halogens is 1. The van der Waals surface area contributed by atoms with Crippen molar-refractivity contribution < 1.29 is 4.79 Å². The largest absolute Gasteiger partial charge is 0.371 e. The van der Waals surface area contributed by atoms with E-state index in [4.69, 9.17) is 11.6 Å². The van der Waals surface area contributed by atoms with Crippen LogP contribution in [-0.4, -0.2) is 18.9 Å². The smallest absolute Gasteiger partial charge is 0.164 e. The van der Waals surface area contributed by atoms with E-state index >= 15 is 0 Å². The molecule has 3 rings (SSSR count). The van der Waals surface area contributed by atoms with Crippen molar-refractivity contribution in [3.63, 3.8) is 0 Å². The van der Waals surface area contributed by atoms with Gasteiger partial charge in [0, 0.05) is 35.8 Å². The van der Waals surface area contributed by atoms with Crippen LogP contribution in [0.25, 0.3) is 0 Å². The van der Waals surface area contributed by atoms with Gasteiger partial charge in [-0.05, 0) is 49.4 Å². The zero-order valence-corrected chi connectivity index (χ0v) is 16.3. The number of rotatable bonds is 7. The Morgan fingerprint density at radius 3 is 2.46 bits per heavy atom. The maximum absolute atomic E-state index is 12.7. The minimum Gasteiger partial charge on any atom is -0.371 e. The molecule has 138 valence electrons. The minimum absolute atomic E-state index is 0.163. The Hall–Kier alpha value is -1.80. The molecule has 3 heteroatoms. The molecule has 2 aromatic carbocycles. The lowest BCUT2D eigenvalue weighted by Crippen LogP contribution is -2.25. The second-order valence-electron chi connectivity index (χ2n) is 7.16. The second kappa shape index (κ2) is 9.23. The zero-order valence-electron chi connectivity index (χ0n) is 15.6. The summed E-state index contributed by atoms with van der Waals surface area (Å²) < 4.78 is 0. The van der Waals surface area contributed by atoms with Gasteiger partial charge in [0.05, 0.1) is 0 Å². The molecule has 0 unspecified atom stereocenters. The molecule has 1 fully saturated rings. The van der Waals surface area contributed by atoms with Gasteiger partial charge in [-0.15, -0.1) is 0 Å². The van der Waals surface area contributed by atoms with E-state index in [1.807, 2.05) is 30.3 Å². The van der Waals surface area contributed by atoms with Crippen LogP contribution in [0.4, 0.5) is 5.69 Å². The van der Waals surface area contributed by atoms with E-state index in [1.54, 1.807) is 0 Å². The topological polar surface area (TPSA) is 20.3 Å². The highest BCUT2D eigenvalue weighted by Crippen LogP contribution is 2.36. The number of anilines is 1. The van der Waals surface area contributed by atoms with E-state index in [0.29, 0.717) is 12.3 Å². The Morgan fingerprint density at radius 2 is 1.81 bits per heavy atom. The first-order valence-corrected chi connectivity index (χ1v) is 10.2. The Balaban J connectivity index is 1.63. The second-order valence-corrected chi connectivity index (χ2v) is 7.57. The van der Waals surface area contributed by atoms with Crippen molar-refractivity contribution in [2.45, 2.75) is 51.4 Å². The fourth-order valence-corrected chi connectivity index (χ4v) is 4.27. The molecular formula is C23H28ClNO. The monoisotopic (exact) mass is 369 g/mol. The Kier molecular flexibility index (Phi) is 6.73. The SMILES string of the molecule is CCN(CCC(=O)c1ccc(C2CCCCC2)c(Cl)c1)c1ccccc1. The van der Waals surface area contributed by atoms with Gasteiger partial charge in [-0.1, -0.05) is 61.2 Å². The molecule has 0 saturated heterocycles. The summed E-state index contributed by atoms with van der Waals surface area (Å²) in [6.07, 6.45) is 6.84. The Bertz CT molecular complexity index is 722. The molecule has 0 aromatic heterocycles. The maximum Gasteiger partial charge on any atom is 0.164 e. The summed E-state index contributed by atoms with van der Waals surface area (Å²) in [5, 5.41) is 0.762. The number of carbonyl (C=O) groups is 1. The van der Waals surface area contributed by atoms with Crippen molar-refractivity contribution in [3.05, 3.63) is 64.7 Å². The number of ketones is 1. The van der Waals surface area contributed by atoms with Crippen LogP contribution in [0, 0.1) is 0 Å². The van der Waals surface area contributed by atoms with Gasteiger partial charge in [0.2, 0.25) is 0 Å². The summed E-state index contributed by atoms with van der Waals surface area (Å²) in [6, 6.07) is 16.2. The van der Waals surface area contributed by atoms with Crippen LogP contribution in [0.3, 0.4) is 0 Å². The molecule has 0 N–H and O–H groups in total. The molecule has 1 aliphatic carbocycles. The van der Waals surface area contributed by atoms with Gasteiger partial charge in [-0.2, -0.15) is 0 Å².